The third-order valence-corrected chi connectivity index (χ3v) is 11.3. The van der Waals surface area contributed by atoms with Gasteiger partial charge in [-0.2, -0.15) is 0 Å². The summed E-state index contributed by atoms with van der Waals surface area (Å²) < 4.78 is 0. The van der Waals surface area contributed by atoms with Crippen molar-refractivity contribution in [3.05, 3.63) is 11.1 Å². The van der Waals surface area contributed by atoms with Crippen LogP contribution in [0.2, 0.25) is 0 Å². The molecular formula is C30H48O2. The van der Waals surface area contributed by atoms with Crippen LogP contribution in [0.15, 0.2) is 11.1 Å². The minimum atomic E-state index is -0.895. The monoisotopic (exact) mass is 440 g/mol. The van der Waals surface area contributed by atoms with Crippen molar-refractivity contribution < 1.29 is 10.2 Å². The van der Waals surface area contributed by atoms with Crippen LogP contribution in [0, 0.1) is 51.3 Å². The lowest BCUT2D eigenvalue weighted by Crippen LogP contribution is -2.55. The number of rotatable bonds is 2. The second-order valence-electron chi connectivity index (χ2n) is 13.8. The van der Waals surface area contributed by atoms with Gasteiger partial charge in [0, 0.05) is 6.42 Å². The van der Waals surface area contributed by atoms with E-state index in [0.717, 1.165) is 19.3 Å². The van der Waals surface area contributed by atoms with E-state index in [1.54, 1.807) is 19.4 Å². The molecular weight excluding hydrogens is 392 g/mol. The third kappa shape index (κ3) is 3.44. The zero-order valence-corrected chi connectivity index (χ0v) is 22.1. The van der Waals surface area contributed by atoms with E-state index in [0.29, 0.717) is 28.6 Å². The molecule has 2 heteroatoms. The number of fused-ring (bicyclic) bond motifs is 4. The van der Waals surface area contributed by atoms with Gasteiger partial charge in [0.05, 0.1) is 6.10 Å². The molecule has 180 valence electrons. The smallest absolute Gasteiger partial charge is 0.119 e. The molecule has 7 atom stereocenters. The van der Waals surface area contributed by atoms with Crippen LogP contribution in [0.25, 0.3) is 0 Å². The molecule has 0 bridgehead atoms. The minimum Gasteiger partial charge on any atom is -0.393 e. The lowest BCUT2D eigenvalue weighted by molar-refractivity contribution is -0.0961. The van der Waals surface area contributed by atoms with Crippen LogP contribution in [0.4, 0.5) is 0 Å². The predicted molar refractivity (Wildman–Crippen MR) is 133 cm³/mol. The molecule has 4 aliphatic rings. The van der Waals surface area contributed by atoms with Gasteiger partial charge < -0.3 is 10.2 Å². The molecule has 32 heavy (non-hydrogen) atoms. The first kappa shape index (κ1) is 24.3. The van der Waals surface area contributed by atoms with Gasteiger partial charge in [0.1, 0.15) is 5.60 Å². The summed E-state index contributed by atoms with van der Waals surface area (Å²) in [6.45, 7) is 18.3. The summed E-state index contributed by atoms with van der Waals surface area (Å²) in [6, 6.07) is 0. The molecule has 4 aliphatic carbocycles. The van der Waals surface area contributed by atoms with Crippen LogP contribution in [0.1, 0.15) is 113 Å². The van der Waals surface area contributed by atoms with Crippen molar-refractivity contribution in [1.82, 2.24) is 0 Å². The molecule has 2 nitrogen and oxygen atoms in total. The normalized spacial score (nSPS) is 44.1. The lowest BCUT2D eigenvalue weighted by Gasteiger charge is -2.62. The topological polar surface area (TPSA) is 40.5 Å². The summed E-state index contributed by atoms with van der Waals surface area (Å²) in [5.41, 5.74) is 3.64. The van der Waals surface area contributed by atoms with E-state index < -0.39 is 5.60 Å². The molecule has 0 radical (unpaired) electrons. The van der Waals surface area contributed by atoms with Crippen LogP contribution >= 0.6 is 0 Å². The van der Waals surface area contributed by atoms with Crippen molar-refractivity contribution >= 4 is 0 Å². The maximum atomic E-state index is 10.8. The highest BCUT2D eigenvalue weighted by Gasteiger charge is 2.63. The fraction of sp³-hybridized carbons (Fsp3) is 0.867. The molecule has 0 unspecified atom stereocenters. The Kier molecular flexibility index (Phi) is 5.79. The SMILES string of the molecule is C[C@H](CC#CC(C)(C)O)[C@H]1CC[C@@]2(C)C3=C(CC[C@]12C)[C@@]1(C)CC[C@H](O)C(C)(C)[C@@H]1CC3. The molecule has 2 saturated carbocycles. The van der Waals surface area contributed by atoms with Crippen molar-refractivity contribution in [1.29, 1.82) is 0 Å². The Morgan fingerprint density at radius 2 is 1.66 bits per heavy atom. The van der Waals surface area contributed by atoms with Gasteiger partial charge in [0.2, 0.25) is 0 Å². The van der Waals surface area contributed by atoms with E-state index in [1.165, 1.54) is 38.5 Å². The Hall–Kier alpha value is -0.780. The Bertz CT molecular complexity index is 848. The number of aliphatic hydroxyl groups is 2. The van der Waals surface area contributed by atoms with Gasteiger partial charge in [0.15, 0.2) is 0 Å². The Balaban J connectivity index is 1.65. The van der Waals surface area contributed by atoms with Crippen molar-refractivity contribution in [2.75, 3.05) is 0 Å². The van der Waals surface area contributed by atoms with Gasteiger partial charge >= 0.3 is 0 Å². The molecule has 0 spiro atoms. The fourth-order valence-corrected chi connectivity index (χ4v) is 9.20. The standard InChI is InChI=1S/C30H48O2/c1-20(10-9-16-26(2,3)32)21-13-18-30(8)23-11-12-24-27(4,5)25(31)15-17-28(24,6)22(23)14-19-29(21,30)7/h20-21,24-25,31-32H,10-15,17-19H2,1-8H3/t20-,21-,24+,25+,28-,29-,30+/m1/s1. The maximum Gasteiger partial charge on any atom is 0.119 e. The van der Waals surface area contributed by atoms with Crippen LogP contribution in [-0.4, -0.2) is 21.9 Å². The van der Waals surface area contributed by atoms with Crippen LogP contribution < -0.4 is 0 Å². The summed E-state index contributed by atoms with van der Waals surface area (Å²) in [6.07, 6.45) is 10.5. The molecule has 0 amide bonds. The van der Waals surface area contributed by atoms with Gasteiger partial charge in [-0.05, 0) is 105 Å². The summed E-state index contributed by atoms with van der Waals surface area (Å²) >= 11 is 0. The molecule has 4 rings (SSSR count). The quantitative estimate of drug-likeness (QED) is 0.362. The number of hydrogen-bond acceptors (Lipinski definition) is 2. The van der Waals surface area contributed by atoms with Crippen LogP contribution in [0.5, 0.6) is 0 Å². The summed E-state index contributed by atoms with van der Waals surface area (Å²) in [5, 5.41) is 20.8. The van der Waals surface area contributed by atoms with Crippen molar-refractivity contribution in [2.45, 2.75) is 125 Å². The third-order valence-electron chi connectivity index (χ3n) is 11.3. The van der Waals surface area contributed by atoms with Gasteiger partial charge in [-0.25, -0.2) is 0 Å². The Morgan fingerprint density at radius 3 is 2.31 bits per heavy atom. The second kappa shape index (κ2) is 7.61. The zero-order valence-electron chi connectivity index (χ0n) is 22.1. The largest absolute Gasteiger partial charge is 0.393 e. The van der Waals surface area contributed by atoms with Crippen LogP contribution in [-0.2, 0) is 0 Å². The van der Waals surface area contributed by atoms with Gasteiger partial charge in [-0.15, -0.1) is 5.92 Å². The van der Waals surface area contributed by atoms with Gasteiger partial charge in [-0.1, -0.05) is 58.6 Å². The lowest BCUT2D eigenvalue weighted by atomic mass is 9.43. The van der Waals surface area contributed by atoms with E-state index >= 15 is 0 Å². The predicted octanol–water partition coefficient (Wildman–Crippen LogP) is 6.90. The minimum absolute atomic E-state index is 0.0130. The van der Waals surface area contributed by atoms with E-state index in [9.17, 15) is 10.2 Å². The van der Waals surface area contributed by atoms with E-state index in [2.05, 4.69) is 53.4 Å². The fourth-order valence-electron chi connectivity index (χ4n) is 9.20. The average molecular weight is 441 g/mol. The summed E-state index contributed by atoms with van der Waals surface area (Å²) in [5.74, 6) is 8.20. The first-order chi connectivity index (χ1) is 14.7. The average Bonchev–Trinajstić information content (AvgIpc) is 2.96. The molecule has 0 aromatic heterocycles. The highest BCUT2D eigenvalue weighted by Crippen LogP contribution is 2.72. The molecule has 2 fully saturated rings. The van der Waals surface area contributed by atoms with Crippen LogP contribution in [0.3, 0.4) is 0 Å². The molecule has 0 saturated heterocycles. The molecule has 0 aromatic rings. The Morgan fingerprint density at radius 1 is 0.969 bits per heavy atom. The number of aliphatic hydroxyl groups excluding tert-OH is 1. The molecule has 2 N–H and O–H groups in total. The van der Waals surface area contributed by atoms with E-state index in [-0.39, 0.29) is 16.9 Å². The Labute approximate surface area is 197 Å². The molecule has 0 aromatic carbocycles. The summed E-state index contributed by atoms with van der Waals surface area (Å²) in [7, 11) is 0. The van der Waals surface area contributed by atoms with Gasteiger partial charge in [-0.3, -0.25) is 0 Å². The highest BCUT2D eigenvalue weighted by molar-refractivity contribution is 5.38. The van der Waals surface area contributed by atoms with Crippen molar-refractivity contribution in [3.63, 3.8) is 0 Å². The molecule has 0 aliphatic heterocycles. The number of hydrogen-bond donors (Lipinski definition) is 2. The number of allylic oxidation sites excluding steroid dienone is 2. The highest BCUT2D eigenvalue weighted by atomic mass is 16.3. The van der Waals surface area contributed by atoms with E-state index in [1.807, 2.05) is 5.57 Å². The maximum absolute atomic E-state index is 10.8. The second-order valence-corrected chi connectivity index (χ2v) is 13.8. The van der Waals surface area contributed by atoms with Crippen molar-refractivity contribution in [2.24, 2.45) is 39.4 Å². The molecule has 0 heterocycles. The first-order valence-corrected chi connectivity index (χ1v) is 13.3. The van der Waals surface area contributed by atoms with E-state index in [4.69, 9.17) is 0 Å². The zero-order chi connectivity index (χ0) is 23.7. The van der Waals surface area contributed by atoms with Crippen molar-refractivity contribution in [3.8, 4) is 11.8 Å². The first-order valence-electron chi connectivity index (χ1n) is 13.3. The van der Waals surface area contributed by atoms with Gasteiger partial charge in [0.25, 0.3) is 0 Å². The summed E-state index contributed by atoms with van der Waals surface area (Å²) in [4.78, 5) is 0.